The van der Waals surface area contributed by atoms with E-state index in [4.69, 9.17) is 5.11 Å². The first-order chi connectivity index (χ1) is 5.65. The third kappa shape index (κ3) is 1.42. The summed E-state index contributed by atoms with van der Waals surface area (Å²) < 4.78 is 0. The van der Waals surface area contributed by atoms with Gasteiger partial charge < -0.3 is 10.1 Å². The third-order valence-corrected chi connectivity index (χ3v) is 1.39. The van der Waals surface area contributed by atoms with E-state index in [-0.39, 0.29) is 11.1 Å². The van der Waals surface area contributed by atoms with Gasteiger partial charge >= 0.3 is 5.97 Å². The molecule has 1 heterocycles. The van der Waals surface area contributed by atoms with E-state index in [2.05, 4.69) is 11.6 Å². The lowest BCUT2D eigenvalue weighted by Crippen LogP contribution is -2.10. The zero-order valence-electron chi connectivity index (χ0n) is 6.20. The van der Waals surface area contributed by atoms with Crippen molar-refractivity contribution in [1.82, 2.24) is 4.98 Å². The number of aromatic amines is 1. The average Bonchev–Trinajstić information content (AvgIpc) is 2.04. The Morgan fingerprint density at radius 2 is 2.33 bits per heavy atom. The van der Waals surface area contributed by atoms with E-state index in [1.165, 1.54) is 12.3 Å². The molecule has 12 heavy (non-hydrogen) atoms. The number of pyridine rings is 1. The van der Waals surface area contributed by atoms with Crippen LogP contribution < -0.4 is 5.43 Å². The Morgan fingerprint density at radius 1 is 1.67 bits per heavy atom. The Hall–Kier alpha value is -1.84. The van der Waals surface area contributed by atoms with Crippen LogP contribution in [0.3, 0.4) is 0 Å². The number of aromatic nitrogens is 1. The molecular weight excluding hydrogens is 158 g/mol. The van der Waals surface area contributed by atoms with Crippen molar-refractivity contribution in [3.63, 3.8) is 0 Å². The lowest BCUT2D eigenvalue weighted by molar-refractivity contribution is 0.0690. The molecule has 0 aliphatic rings. The van der Waals surface area contributed by atoms with E-state index in [1.54, 1.807) is 0 Å². The van der Waals surface area contributed by atoms with Gasteiger partial charge in [-0.15, -0.1) is 0 Å². The first-order valence-electron chi connectivity index (χ1n) is 3.23. The summed E-state index contributed by atoms with van der Waals surface area (Å²) >= 11 is 0. The lowest BCUT2D eigenvalue weighted by atomic mass is 10.2. The van der Waals surface area contributed by atoms with Crippen molar-refractivity contribution < 1.29 is 9.90 Å². The van der Waals surface area contributed by atoms with Crippen molar-refractivity contribution in [1.29, 1.82) is 0 Å². The fourth-order valence-electron chi connectivity index (χ4n) is 0.766. The molecular formula is C8H7NO3. The van der Waals surface area contributed by atoms with Gasteiger partial charge in [-0.3, -0.25) is 4.79 Å². The van der Waals surface area contributed by atoms with Crippen molar-refractivity contribution in [3.05, 3.63) is 40.3 Å². The van der Waals surface area contributed by atoms with Crippen LogP contribution in [0.15, 0.2) is 23.6 Å². The monoisotopic (exact) mass is 165 g/mol. The largest absolute Gasteiger partial charge is 0.477 e. The van der Waals surface area contributed by atoms with E-state index in [9.17, 15) is 9.59 Å². The average molecular weight is 165 g/mol. The number of carboxylic acid groups (broad SMARTS) is 1. The van der Waals surface area contributed by atoms with Crippen LogP contribution in [0.1, 0.15) is 16.1 Å². The molecule has 0 saturated carbocycles. The molecule has 0 radical (unpaired) electrons. The maximum Gasteiger partial charge on any atom is 0.352 e. The number of rotatable bonds is 2. The molecule has 1 aromatic heterocycles. The van der Waals surface area contributed by atoms with Gasteiger partial charge in [-0.25, -0.2) is 4.79 Å². The molecule has 0 fully saturated rings. The van der Waals surface area contributed by atoms with E-state index < -0.39 is 5.97 Å². The standard InChI is InChI=1S/C8H7NO3/c1-2-5-4-9-6(8(11)12)3-7(5)10/h2-4H,1H2,(H,9,10)(H,11,12). The second-order valence-electron chi connectivity index (χ2n) is 2.18. The molecule has 0 unspecified atom stereocenters. The molecule has 4 heteroatoms. The van der Waals surface area contributed by atoms with Crippen molar-refractivity contribution in [2.45, 2.75) is 0 Å². The Labute approximate surface area is 68.2 Å². The number of H-pyrrole nitrogens is 1. The Kier molecular flexibility index (Phi) is 2.09. The summed E-state index contributed by atoms with van der Waals surface area (Å²) in [5, 5.41) is 8.48. The van der Waals surface area contributed by atoms with E-state index in [0.29, 0.717) is 5.56 Å². The minimum absolute atomic E-state index is 0.120. The van der Waals surface area contributed by atoms with Gasteiger partial charge in [0.05, 0.1) is 0 Å². The maximum atomic E-state index is 11.0. The lowest BCUT2D eigenvalue weighted by Gasteiger charge is -1.94. The molecule has 0 spiro atoms. The van der Waals surface area contributed by atoms with Crippen LogP contribution >= 0.6 is 0 Å². The van der Waals surface area contributed by atoms with Crippen LogP contribution in [0, 0.1) is 0 Å². The second kappa shape index (κ2) is 3.04. The van der Waals surface area contributed by atoms with Crippen molar-refractivity contribution >= 4 is 12.0 Å². The minimum Gasteiger partial charge on any atom is -0.477 e. The zero-order chi connectivity index (χ0) is 9.14. The van der Waals surface area contributed by atoms with Gasteiger partial charge in [0, 0.05) is 17.8 Å². The van der Waals surface area contributed by atoms with Crippen LogP contribution in [0.4, 0.5) is 0 Å². The van der Waals surface area contributed by atoms with Gasteiger partial charge in [-0.1, -0.05) is 12.7 Å². The van der Waals surface area contributed by atoms with Gasteiger partial charge in [-0.05, 0) is 0 Å². The molecule has 1 rings (SSSR count). The summed E-state index contributed by atoms with van der Waals surface area (Å²) in [6, 6.07) is 1.03. The van der Waals surface area contributed by atoms with Crippen LogP contribution in [0.5, 0.6) is 0 Å². The van der Waals surface area contributed by atoms with Crippen LogP contribution in [-0.4, -0.2) is 16.1 Å². The van der Waals surface area contributed by atoms with Crippen molar-refractivity contribution in [2.75, 3.05) is 0 Å². The highest BCUT2D eigenvalue weighted by Gasteiger charge is 2.03. The summed E-state index contributed by atoms with van der Waals surface area (Å²) in [5.74, 6) is -1.15. The Bertz CT molecular complexity index is 378. The zero-order valence-corrected chi connectivity index (χ0v) is 6.20. The van der Waals surface area contributed by atoms with Crippen molar-refractivity contribution in [2.24, 2.45) is 0 Å². The first-order valence-corrected chi connectivity index (χ1v) is 3.23. The Balaban J connectivity index is 3.28. The highest BCUT2D eigenvalue weighted by atomic mass is 16.4. The summed E-state index contributed by atoms with van der Waals surface area (Å²) in [6.45, 7) is 3.40. The van der Waals surface area contributed by atoms with Gasteiger partial charge in [0.15, 0.2) is 5.43 Å². The normalized spacial score (nSPS) is 9.33. The molecule has 0 aliphatic carbocycles. The highest BCUT2D eigenvalue weighted by molar-refractivity contribution is 5.85. The van der Waals surface area contributed by atoms with Crippen molar-refractivity contribution in [3.8, 4) is 0 Å². The van der Waals surface area contributed by atoms with Crippen LogP contribution in [0.25, 0.3) is 6.08 Å². The molecule has 0 bridgehead atoms. The summed E-state index contributed by atoms with van der Waals surface area (Å²) in [7, 11) is 0. The Morgan fingerprint density at radius 3 is 2.75 bits per heavy atom. The fraction of sp³-hybridized carbons (Fsp3) is 0. The van der Waals surface area contributed by atoms with Crippen LogP contribution in [0.2, 0.25) is 0 Å². The quantitative estimate of drug-likeness (QED) is 0.678. The summed E-state index contributed by atoms with van der Waals surface area (Å²) in [6.07, 6.45) is 2.68. The summed E-state index contributed by atoms with van der Waals surface area (Å²) in [4.78, 5) is 23.8. The number of carboxylic acids is 1. The highest BCUT2D eigenvalue weighted by Crippen LogP contribution is 1.94. The molecule has 0 aliphatic heterocycles. The molecule has 1 aromatic rings. The molecule has 0 saturated heterocycles. The smallest absolute Gasteiger partial charge is 0.352 e. The molecule has 62 valence electrons. The summed E-state index contributed by atoms with van der Waals surface area (Å²) in [5.41, 5.74) is -0.105. The van der Waals surface area contributed by atoms with E-state index >= 15 is 0 Å². The first kappa shape index (κ1) is 8.26. The predicted octanol–water partition coefficient (Wildman–Crippen LogP) is 0.716. The van der Waals surface area contributed by atoms with E-state index in [1.807, 2.05) is 0 Å². The van der Waals surface area contributed by atoms with Gasteiger partial charge in [0.2, 0.25) is 0 Å². The minimum atomic E-state index is -1.15. The van der Waals surface area contributed by atoms with E-state index in [0.717, 1.165) is 6.07 Å². The number of nitrogens with one attached hydrogen (secondary N) is 1. The number of carbonyl (C=O) groups is 1. The van der Waals surface area contributed by atoms with Crippen LogP contribution in [-0.2, 0) is 0 Å². The van der Waals surface area contributed by atoms with Gasteiger partial charge in [0.25, 0.3) is 0 Å². The number of hydrogen-bond acceptors (Lipinski definition) is 2. The maximum absolute atomic E-state index is 11.0. The van der Waals surface area contributed by atoms with Gasteiger partial charge in [-0.2, -0.15) is 0 Å². The molecule has 0 amide bonds. The second-order valence-corrected chi connectivity index (χ2v) is 2.18. The predicted molar refractivity (Wildman–Crippen MR) is 44.1 cm³/mol. The molecule has 2 N–H and O–H groups in total. The number of aromatic carboxylic acids is 1. The molecule has 0 aromatic carbocycles. The number of hydrogen-bond donors (Lipinski definition) is 2. The molecule has 4 nitrogen and oxygen atoms in total. The fourth-order valence-corrected chi connectivity index (χ4v) is 0.766. The molecule has 0 atom stereocenters. The third-order valence-electron chi connectivity index (χ3n) is 1.39. The van der Waals surface area contributed by atoms with Gasteiger partial charge in [0.1, 0.15) is 5.69 Å². The SMILES string of the molecule is C=Cc1c[nH]c(C(=O)O)cc1=O. The topological polar surface area (TPSA) is 70.2 Å².